The van der Waals surface area contributed by atoms with Crippen LogP contribution in [-0.2, 0) is 6.18 Å². The second-order valence-electron chi connectivity index (χ2n) is 6.97. The summed E-state index contributed by atoms with van der Waals surface area (Å²) in [5, 5.41) is 2.86. The summed E-state index contributed by atoms with van der Waals surface area (Å²) < 4.78 is 40.2. The molecule has 3 aromatic heterocycles. The summed E-state index contributed by atoms with van der Waals surface area (Å²) in [5.41, 5.74) is 1.50. The van der Waals surface area contributed by atoms with Gasteiger partial charge >= 0.3 is 12.2 Å². The van der Waals surface area contributed by atoms with Crippen molar-refractivity contribution >= 4 is 17.4 Å². The fraction of sp³-hybridized carbons (Fsp3) is 0.389. The molecule has 1 unspecified atom stereocenters. The van der Waals surface area contributed by atoms with Crippen molar-refractivity contribution in [3.8, 4) is 0 Å². The Hall–Kier alpha value is -3.04. The van der Waals surface area contributed by atoms with Crippen LogP contribution in [0.25, 0.3) is 5.65 Å². The molecule has 2 amide bonds. The Kier molecular flexibility index (Phi) is 4.48. The quantitative estimate of drug-likeness (QED) is 0.696. The lowest BCUT2D eigenvalue weighted by molar-refractivity contribution is -0.141. The fourth-order valence-electron chi connectivity index (χ4n) is 3.55. The van der Waals surface area contributed by atoms with E-state index in [0.29, 0.717) is 31.6 Å². The van der Waals surface area contributed by atoms with E-state index in [1.807, 2.05) is 17.4 Å². The third-order valence-corrected chi connectivity index (χ3v) is 4.92. The van der Waals surface area contributed by atoms with E-state index in [1.54, 1.807) is 23.5 Å². The van der Waals surface area contributed by atoms with Crippen LogP contribution < -0.4 is 5.32 Å². The zero-order valence-electron chi connectivity index (χ0n) is 15.1. The van der Waals surface area contributed by atoms with Gasteiger partial charge in [-0.05, 0) is 31.4 Å². The number of hydrogen-bond donors (Lipinski definition) is 2. The van der Waals surface area contributed by atoms with Crippen molar-refractivity contribution in [2.24, 2.45) is 0 Å². The van der Waals surface area contributed by atoms with Gasteiger partial charge in [-0.3, -0.25) is 0 Å². The fourth-order valence-corrected chi connectivity index (χ4v) is 3.55. The molecule has 2 N–H and O–H groups in total. The first-order chi connectivity index (χ1) is 13.3. The minimum Gasteiger partial charge on any atom is -0.338 e. The summed E-state index contributed by atoms with van der Waals surface area (Å²) in [6.07, 6.45) is 2.97. The van der Waals surface area contributed by atoms with Gasteiger partial charge in [0.15, 0.2) is 0 Å². The molecule has 0 saturated carbocycles. The first kappa shape index (κ1) is 18.3. The molecule has 4 rings (SSSR count). The van der Waals surface area contributed by atoms with E-state index in [4.69, 9.17) is 0 Å². The summed E-state index contributed by atoms with van der Waals surface area (Å²) in [4.78, 5) is 24.8. The van der Waals surface area contributed by atoms with Crippen molar-refractivity contribution < 1.29 is 18.0 Å². The van der Waals surface area contributed by atoms with Gasteiger partial charge in [-0.25, -0.2) is 14.8 Å². The van der Waals surface area contributed by atoms with Gasteiger partial charge in [0.25, 0.3) is 0 Å². The molecule has 0 aromatic carbocycles. The molecule has 0 radical (unpaired) electrons. The predicted molar refractivity (Wildman–Crippen MR) is 96.1 cm³/mol. The van der Waals surface area contributed by atoms with E-state index in [-0.39, 0.29) is 17.8 Å². The maximum absolute atomic E-state index is 12.8. The van der Waals surface area contributed by atoms with Gasteiger partial charge in [-0.15, -0.1) is 0 Å². The van der Waals surface area contributed by atoms with Crippen LogP contribution in [0.15, 0.2) is 30.9 Å². The molecule has 0 bridgehead atoms. The number of amides is 2. The van der Waals surface area contributed by atoms with E-state index in [1.165, 1.54) is 0 Å². The molecular formula is C18H19F3N6O. The molecule has 1 aliphatic rings. The maximum Gasteiger partial charge on any atom is 0.432 e. The normalized spacial score (nSPS) is 17.9. The van der Waals surface area contributed by atoms with E-state index in [2.05, 4.69) is 20.3 Å². The highest BCUT2D eigenvalue weighted by atomic mass is 19.4. The molecule has 1 saturated heterocycles. The molecular weight excluding hydrogens is 373 g/mol. The van der Waals surface area contributed by atoms with Gasteiger partial charge < -0.3 is 19.6 Å². The van der Waals surface area contributed by atoms with Crippen LogP contribution >= 0.6 is 0 Å². The van der Waals surface area contributed by atoms with Crippen LogP contribution in [0.4, 0.5) is 23.7 Å². The Bertz CT molecular complexity index is 1010. The lowest BCUT2D eigenvalue weighted by Crippen LogP contribution is -2.41. The number of imidazole rings is 2. The van der Waals surface area contributed by atoms with Crippen LogP contribution in [-0.4, -0.2) is 43.4 Å². The molecule has 28 heavy (non-hydrogen) atoms. The number of rotatable bonds is 2. The lowest BCUT2D eigenvalue weighted by atomic mass is 9.97. The number of H-pyrrole nitrogens is 1. The predicted octanol–water partition coefficient (Wildman–Crippen LogP) is 3.80. The number of aryl methyl sites for hydroxylation is 1. The number of anilines is 1. The molecule has 0 aliphatic carbocycles. The topological polar surface area (TPSA) is 78.3 Å². The number of aromatic amines is 1. The van der Waals surface area contributed by atoms with Crippen LogP contribution in [0.2, 0.25) is 0 Å². The highest BCUT2D eigenvalue weighted by Gasteiger charge is 2.34. The molecule has 1 fully saturated rings. The van der Waals surface area contributed by atoms with Crippen LogP contribution in [0.1, 0.15) is 35.8 Å². The highest BCUT2D eigenvalue weighted by Crippen LogP contribution is 2.31. The number of nitrogens with one attached hydrogen (secondary N) is 2. The molecule has 3 aromatic rings. The molecule has 7 nitrogen and oxygen atoms in total. The maximum atomic E-state index is 12.8. The first-order valence-corrected chi connectivity index (χ1v) is 8.92. The molecule has 10 heteroatoms. The smallest absolute Gasteiger partial charge is 0.338 e. The number of carbonyl (C=O) groups is 1. The second kappa shape index (κ2) is 6.84. The Morgan fingerprint density at radius 2 is 2.18 bits per heavy atom. The number of likely N-dealkylation sites (tertiary alicyclic amines) is 1. The average Bonchev–Trinajstić information content (AvgIpc) is 3.31. The first-order valence-electron chi connectivity index (χ1n) is 8.92. The van der Waals surface area contributed by atoms with Gasteiger partial charge in [0.2, 0.25) is 0 Å². The van der Waals surface area contributed by atoms with E-state index in [9.17, 15) is 18.0 Å². The Morgan fingerprint density at radius 1 is 1.36 bits per heavy atom. The number of alkyl halides is 3. The van der Waals surface area contributed by atoms with Crippen LogP contribution in [0, 0.1) is 6.92 Å². The third kappa shape index (κ3) is 3.54. The number of fused-ring (bicyclic) bond motifs is 1. The number of halogens is 3. The van der Waals surface area contributed by atoms with E-state index < -0.39 is 11.9 Å². The SMILES string of the molecule is Cc1cc(NC(=O)N2CCCC(c3ncc(C(F)(F)F)[nH]3)C2)cn2ccnc12. The van der Waals surface area contributed by atoms with E-state index >= 15 is 0 Å². The summed E-state index contributed by atoms with van der Waals surface area (Å²) in [6, 6.07) is 1.55. The van der Waals surface area contributed by atoms with Gasteiger partial charge in [0, 0.05) is 37.6 Å². The van der Waals surface area contributed by atoms with Crippen molar-refractivity contribution in [1.29, 1.82) is 0 Å². The van der Waals surface area contributed by atoms with Crippen molar-refractivity contribution in [2.75, 3.05) is 18.4 Å². The van der Waals surface area contributed by atoms with Gasteiger partial charge in [-0.1, -0.05) is 0 Å². The zero-order chi connectivity index (χ0) is 19.9. The summed E-state index contributed by atoms with van der Waals surface area (Å²) in [5.74, 6) is 0.00831. The number of pyridine rings is 1. The average molecular weight is 392 g/mol. The minimum atomic E-state index is -4.46. The van der Waals surface area contributed by atoms with Crippen molar-refractivity contribution in [2.45, 2.75) is 31.9 Å². The van der Waals surface area contributed by atoms with Gasteiger partial charge in [0.1, 0.15) is 17.2 Å². The minimum absolute atomic E-state index is 0.256. The van der Waals surface area contributed by atoms with Crippen molar-refractivity contribution in [1.82, 2.24) is 24.3 Å². The number of aromatic nitrogens is 4. The summed E-state index contributed by atoms with van der Waals surface area (Å²) in [7, 11) is 0. The summed E-state index contributed by atoms with van der Waals surface area (Å²) in [6.45, 7) is 2.76. The van der Waals surface area contributed by atoms with E-state index in [0.717, 1.165) is 17.4 Å². The Morgan fingerprint density at radius 3 is 2.93 bits per heavy atom. The monoisotopic (exact) mass is 392 g/mol. The Labute approximate surface area is 158 Å². The van der Waals surface area contributed by atoms with Gasteiger partial charge in [0.05, 0.1) is 11.9 Å². The third-order valence-electron chi connectivity index (χ3n) is 4.92. The second-order valence-corrected chi connectivity index (χ2v) is 6.97. The van der Waals surface area contributed by atoms with Crippen molar-refractivity contribution in [3.63, 3.8) is 0 Å². The highest BCUT2D eigenvalue weighted by molar-refractivity contribution is 5.89. The van der Waals surface area contributed by atoms with Crippen molar-refractivity contribution in [3.05, 3.63) is 47.9 Å². The molecule has 148 valence electrons. The largest absolute Gasteiger partial charge is 0.432 e. The van der Waals surface area contributed by atoms with Gasteiger partial charge in [-0.2, -0.15) is 13.2 Å². The number of piperidine rings is 1. The molecule has 4 heterocycles. The molecule has 0 spiro atoms. The Balaban J connectivity index is 1.46. The lowest BCUT2D eigenvalue weighted by Gasteiger charge is -2.32. The zero-order valence-corrected chi connectivity index (χ0v) is 15.1. The summed E-state index contributed by atoms with van der Waals surface area (Å²) >= 11 is 0. The van der Waals surface area contributed by atoms with Crippen LogP contribution in [0.5, 0.6) is 0 Å². The number of carbonyl (C=O) groups excluding carboxylic acids is 1. The standard InChI is InChI=1S/C18H19F3N6O/c1-11-7-13(10-26-6-4-22-16(11)26)24-17(28)27-5-2-3-12(9-27)15-23-8-14(25-15)18(19,20)21/h4,6-8,10,12H,2-3,5,9H2,1H3,(H,23,25)(H,24,28). The molecule has 1 aliphatic heterocycles. The molecule has 1 atom stereocenters. The number of nitrogens with zero attached hydrogens (tertiary/aromatic N) is 4. The number of hydrogen-bond acceptors (Lipinski definition) is 3. The van der Waals surface area contributed by atoms with Crippen LogP contribution in [0.3, 0.4) is 0 Å². The number of urea groups is 1.